The summed E-state index contributed by atoms with van der Waals surface area (Å²) in [7, 11) is 1.34. The van der Waals surface area contributed by atoms with Crippen LogP contribution in [0.1, 0.15) is 35.2 Å². The Kier molecular flexibility index (Phi) is 6.51. The first-order chi connectivity index (χ1) is 15.0. The number of hydrogen-bond acceptors (Lipinski definition) is 6. The summed E-state index contributed by atoms with van der Waals surface area (Å²) in [6, 6.07) is 10.6. The molecule has 7 nitrogen and oxygen atoms in total. The van der Waals surface area contributed by atoms with Gasteiger partial charge in [0.05, 0.1) is 18.8 Å². The molecule has 1 N–H and O–H groups in total. The van der Waals surface area contributed by atoms with Gasteiger partial charge in [-0.1, -0.05) is 6.07 Å². The zero-order valence-electron chi connectivity index (χ0n) is 17.6. The van der Waals surface area contributed by atoms with E-state index in [4.69, 9.17) is 9.47 Å². The van der Waals surface area contributed by atoms with Crippen molar-refractivity contribution in [3.63, 3.8) is 0 Å². The van der Waals surface area contributed by atoms with Gasteiger partial charge in [0.15, 0.2) is 0 Å². The lowest BCUT2D eigenvalue weighted by molar-refractivity contribution is -0.130. The topological polar surface area (TPSA) is 89.0 Å². The number of amides is 1. The molecule has 0 spiro atoms. The van der Waals surface area contributed by atoms with Gasteiger partial charge in [0.1, 0.15) is 11.9 Å². The van der Waals surface area contributed by atoms with E-state index in [1.54, 1.807) is 36.7 Å². The molecule has 1 aromatic heterocycles. The number of nitrogens with zero attached hydrogens (tertiary/aromatic N) is 2. The van der Waals surface area contributed by atoms with Gasteiger partial charge in [0, 0.05) is 31.9 Å². The summed E-state index contributed by atoms with van der Waals surface area (Å²) in [6.45, 7) is 1.42. The summed E-state index contributed by atoms with van der Waals surface area (Å²) < 4.78 is 10.7. The molecule has 4 rings (SSSR count). The predicted octanol–water partition coefficient (Wildman–Crippen LogP) is 2.48. The molecule has 2 heterocycles. The van der Waals surface area contributed by atoms with Gasteiger partial charge in [-0.15, -0.1) is 0 Å². The van der Waals surface area contributed by atoms with Crippen LogP contribution in [0.5, 0.6) is 5.75 Å². The third-order valence-electron chi connectivity index (χ3n) is 6.35. The fourth-order valence-corrected chi connectivity index (χ4v) is 4.64. The number of aliphatic hydroxyl groups excluding tert-OH is 1. The predicted molar refractivity (Wildman–Crippen MR) is 114 cm³/mol. The highest BCUT2D eigenvalue weighted by molar-refractivity contribution is 5.89. The Balaban J connectivity index is 1.31. The molecule has 4 atom stereocenters. The maximum absolute atomic E-state index is 12.7. The summed E-state index contributed by atoms with van der Waals surface area (Å²) >= 11 is 0. The summed E-state index contributed by atoms with van der Waals surface area (Å²) in [5.74, 6) is 0.997. The Labute approximate surface area is 182 Å². The van der Waals surface area contributed by atoms with E-state index in [-0.39, 0.29) is 12.0 Å². The van der Waals surface area contributed by atoms with Gasteiger partial charge < -0.3 is 19.5 Å². The molecule has 1 aromatic carbocycles. The molecule has 2 aromatic rings. The monoisotopic (exact) mass is 424 g/mol. The molecule has 0 unspecified atom stereocenters. The second kappa shape index (κ2) is 9.47. The Bertz CT molecular complexity index is 902. The normalized spacial score (nSPS) is 25.0. The highest BCUT2D eigenvalue weighted by atomic mass is 16.5. The summed E-state index contributed by atoms with van der Waals surface area (Å²) in [5, 5.41) is 10.6. The number of pyridine rings is 1. The van der Waals surface area contributed by atoms with Crippen molar-refractivity contribution in [2.75, 3.05) is 20.2 Å². The second-order valence-corrected chi connectivity index (χ2v) is 8.39. The minimum atomic E-state index is -0.577. The van der Waals surface area contributed by atoms with Crippen molar-refractivity contribution < 1.29 is 24.2 Å². The fraction of sp³-hybridized carbons (Fsp3) is 0.458. The van der Waals surface area contributed by atoms with Crippen LogP contribution in [0.25, 0.3) is 0 Å². The molecule has 164 valence electrons. The Hall–Kier alpha value is -2.93. The van der Waals surface area contributed by atoms with Crippen LogP contribution in [-0.4, -0.2) is 59.3 Å². The van der Waals surface area contributed by atoms with Crippen LogP contribution in [0.4, 0.5) is 0 Å². The van der Waals surface area contributed by atoms with E-state index < -0.39 is 12.1 Å². The quantitative estimate of drug-likeness (QED) is 0.717. The van der Waals surface area contributed by atoms with Gasteiger partial charge in [-0.25, -0.2) is 4.79 Å². The molecule has 2 aliphatic rings. The fourth-order valence-electron chi connectivity index (χ4n) is 4.64. The molecule has 1 aliphatic carbocycles. The summed E-state index contributed by atoms with van der Waals surface area (Å²) in [6.07, 6.45) is 5.12. The number of aliphatic hydroxyl groups is 1. The van der Waals surface area contributed by atoms with E-state index in [9.17, 15) is 14.7 Å². The number of carbonyl (C=O) groups is 2. The number of aryl methyl sites for hydroxylation is 1. The van der Waals surface area contributed by atoms with Crippen molar-refractivity contribution in [2.24, 2.45) is 11.8 Å². The van der Waals surface area contributed by atoms with Crippen molar-refractivity contribution in [3.8, 4) is 5.75 Å². The SMILES string of the molecule is COC(=O)c1ccc(O[C@H]2C[C@@H]3CN(C(=O)CCc4cccnc4)C[C@@H]3C[C@@H]2O)cc1. The minimum absolute atomic E-state index is 0.156. The van der Waals surface area contributed by atoms with Crippen LogP contribution < -0.4 is 4.74 Å². The molecule has 1 aliphatic heterocycles. The third-order valence-corrected chi connectivity index (χ3v) is 6.35. The van der Waals surface area contributed by atoms with Gasteiger partial charge in [-0.2, -0.15) is 0 Å². The van der Waals surface area contributed by atoms with E-state index in [1.807, 2.05) is 17.0 Å². The molecule has 31 heavy (non-hydrogen) atoms. The number of rotatable bonds is 6. The zero-order chi connectivity index (χ0) is 21.8. The molecular weight excluding hydrogens is 396 g/mol. The first-order valence-corrected chi connectivity index (χ1v) is 10.7. The molecule has 1 saturated heterocycles. The van der Waals surface area contributed by atoms with Gasteiger partial charge in [0.2, 0.25) is 5.91 Å². The second-order valence-electron chi connectivity index (χ2n) is 8.39. The highest BCUT2D eigenvalue weighted by Gasteiger charge is 2.43. The number of carbonyl (C=O) groups excluding carboxylic acids is 2. The number of aromatic nitrogens is 1. The van der Waals surface area contributed by atoms with Crippen LogP contribution >= 0.6 is 0 Å². The summed E-state index contributed by atoms with van der Waals surface area (Å²) in [4.78, 5) is 30.3. The van der Waals surface area contributed by atoms with Gasteiger partial charge in [0.25, 0.3) is 0 Å². The minimum Gasteiger partial charge on any atom is -0.488 e. The zero-order valence-corrected chi connectivity index (χ0v) is 17.6. The number of hydrogen-bond donors (Lipinski definition) is 1. The first-order valence-electron chi connectivity index (χ1n) is 10.7. The Morgan fingerprint density at radius 1 is 1.13 bits per heavy atom. The Morgan fingerprint density at radius 2 is 1.87 bits per heavy atom. The van der Waals surface area contributed by atoms with Crippen LogP contribution in [0.15, 0.2) is 48.8 Å². The van der Waals surface area contributed by atoms with Gasteiger partial charge >= 0.3 is 5.97 Å². The van der Waals surface area contributed by atoms with E-state index in [2.05, 4.69) is 4.98 Å². The highest BCUT2D eigenvalue weighted by Crippen LogP contribution is 2.38. The standard InChI is InChI=1S/C24H28N2O5/c1-30-24(29)17-5-7-20(8-6-17)31-22-12-19-15-26(14-18(19)11-21(22)27)23(28)9-4-16-3-2-10-25-13-16/h2-3,5-8,10,13,18-19,21-22,27H,4,9,11-12,14-15H2,1H3/t18-,19+,21-,22-/m0/s1. The number of likely N-dealkylation sites (tertiary alicyclic amines) is 1. The van der Waals surface area contributed by atoms with E-state index >= 15 is 0 Å². The van der Waals surface area contributed by atoms with Crippen LogP contribution in [0, 0.1) is 11.8 Å². The summed E-state index contributed by atoms with van der Waals surface area (Å²) in [5.41, 5.74) is 1.52. The maximum atomic E-state index is 12.7. The maximum Gasteiger partial charge on any atom is 0.337 e. The average molecular weight is 424 g/mol. The van der Waals surface area contributed by atoms with Crippen LogP contribution in [-0.2, 0) is 16.0 Å². The van der Waals surface area contributed by atoms with Crippen molar-refractivity contribution in [3.05, 3.63) is 59.9 Å². The van der Waals surface area contributed by atoms with Crippen molar-refractivity contribution in [2.45, 2.75) is 37.9 Å². The number of fused-ring (bicyclic) bond motifs is 1. The lowest BCUT2D eigenvalue weighted by atomic mass is 9.78. The number of benzene rings is 1. The molecule has 1 amide bonds. The molecule has 2 fully saturated rings. The third kappa shape index (κ3) is 5.05. The van der Waals surface area contributed by atoms with E-state index in [0.29, 0.717) is 61.9 Å². The van der Waals surface area contributed by atoms with E-state index in [1.165, 1.54) is 7.11 Å². The van der Waals surface area contributed by atoms with Crippen molar-refractivity contribution >= 4 is 11.9 Å². The molecule has 0 bridgehead atoms. The lowest BCUT2D eigenvalue weighted by Gasteiger charge is -2.35. The number of ether oxygens (including phenoxy) is 2. The number of esters is 1. The van der Waals surface area contributed by atoms with Crippen LogP contribution in [0.3, 0.4) is 0 Å². The Morgan fingerprint density at radius 3 is 2.55 bits per heavy atom. The van der Waals surface area contributed by atoms with Crippen LogP contribution in [0.2, 0.25) is 0 Å². The van der Waals surface area contributed by atoms with Crippen molar-refractivity contribution in [1.29, 1.82) is 0 Å². The molecule has 1 saturated carbocycles. The van der Waals surface area contributed by atoms with E-state index in [0.717, 1.165) is 5.56 Å². The molecule has 0 radical (unpaired) electrons. The molecule has 7 heteroatoms. The first kappa shape index (κ1) is 21.3. The van der Waals surface area contributed by atoms with Crippen molar-refractivity contribution in [1.82, 2.24) is 9.88 Å². The number of methoxy groups -OCH3 is 1. The smallest absolute Gasteiger partial charge is 0.337 e. The van der Waals surface area contributed by atoms with Gasteiger partial charge in [-0.3, -0.25) is 9.78 Å². The van der Waals surface area contributed by atoms with Gasteiger partial charge in [-0.05, 0) is 67.0 Å². The largest absolute Gasteiger partial charge is 0.488 e. The lowest BCUT2D eigenvalue weighted by Crippen LogP contribution is -2.42. The molecular formula is C24H28N2O5. The average Bonchev–Trinajstić information content (AvgIpc) is 3.21.